The van der Waals surface area contributed by atoms with Crippen molar-refractivity contribution >= 4 is 55.3 Å². The van der Waals surface area contributed by atoms with Crippen molar-refractivity contribution in [3.05, 3.63) is 51.4 Å². The first-order chi connectivity index (χ1) is 10.7. The maximum absolute atomic E-state index is 9.51. The lowest BCUT2D eigenvalue weighted by Gasteiger charge is -2.00. The average Bonchev–Trinajstić information content (AvgIpc) is 2.91. The Bertz CT molecular complexity index is 842. The Morgan fingerprint density at radius 2 is 2.09 bits per heavy atom. The van der Waals surface area contributed by atoms with Crippen molar-refractivity contribution in [2.24, 2.45) is 0 Å². The first-order valence-corrected chi connectivity index (χ1v) is 8.57. The summed E-state index contributed by atoms with van der Waals surface area (Å²) < 4.78 is 1.86. The van der Waals surface area contributed by atoms with Gasteiger partial charge in [0.1, 0.15) is 10.8 Å². The van der Waals surface area contributed by atoms with E-state index < -0.39 is 0 Å². The fraction of sp³-hybridized carbons (Fsp3) is 0.118. The van der Waals surface area contributed by atoms with Crippen LogP contribution >= 0.6 is 27.3 Å². The first-order valence-electron chi connectivity index (χ1n) is 6.97. The summed E-state index contributed by atoms with van der Waals surface area (Å²) in [5.41, 5.74) is 3.15. The molecule has 0 bridgehead atoms. The molecule has 0 aliphatic carbocycles. The maximum atomic E-state index is 9.51. The van der Waals surface area contributed by atoms with Gasteiger partial charge < -0.3 is 10.4 Å². The molecular formula is C17H15BrN2OS. The minimum absolute atomic E-state index is 0.244. The molecule has 0 fully saturated rings. The Balaban J connectivity index is 1.86. The second kappa shape index (κ2) is 6.50. The molecule has 3 rings (SSSR count). The summed E-state index contributed by atoms with van der Waals surface area (Å²) in [6.45, 7) is 2.99. The fourth-order valence-corrected chi connectivity index (χ4v) is 3.43. The van der Waals surface area contributed by atoms with Crippen LogP contribution < -0.4 is 5.32 Å². The highest BCUT2D eigenvalue weighted by Crippen LogP contribution is 2.28. The number of hydrogen-bond acceptors (Lipinski definition) is 4. The molecule has 0 amide bonds. The quantitative estimate of drug-likeness (QED) is 0.645. The minimum Gasteiger partial charge on any atom is -0.507 e. The zero-order valence-corrected chi connectivity index (χ0v) is 14.4. The highest BCUT2D eigenvalue weighted by molar-refractivity contribution is 9.10. The lowest BCUT2D eigenvalue weighted by Crippen LogP contribution is -1.95. The number of thiazole rings is 1. The number of rotatable bonds is 4. The number of fused-ring (bicyclic) bond motifs is 1. The summed E-state index contributed by atoms with van der Waals surface area (Å²) in [4.78, 5) is 4.61. The molecule has 2 aromatic carbocycles. The van der Waals surface area contributed by atoms with E-state index in [1.54, 1.807) is 17.4 Å². The van der Waals surface area contributed by atoms with E-state index in [9.17, 15) is 5.11 Å². The van der Waals surface area contributed by atoms with Gasteiger partial charge in [-0.25, -0.2) is 4.98 Å². The van der Waals surface area contributed by atoms with Crippen LogP contribution in [0.2, 0.25) is 0 Å². The van der Waals surface area contributed by atoms with Crippen LogP contribution in [-0.2, 0) is 0 Å². The van der Waals surface area contributed by atoms with Crippen molar-refractivity contribution in [2.75, 3.05) is 11.9 Å². The molecule has 2 N–H and O–H groups in total. The van der Waals surface area contributed by atoms with E-state index in [-0.39, 0.29) is 5.75 Å². The Kier molecular flexibility index (Phi) is 4.45. The number of anilines is 1. The molecule has 5 heteroatoms. The number of phenols is 1. The van der Waals surface area contributed by atoms with Gasteiger partial charge in [0.2, 0.25) is 0 Å². The zero-order chi connectivity index (χ0) is 15.5. The number of benzene rings is 2. The van der Waals surface area contributed by atoms with Crippen molar-refractivity contribution in [2.45, 2.75) is 6.92 Å². The van der Waals surface area contributed by atoms with Gasteiger partial charge >= 0.3 is 0 Å². The largest absolute Gasteiger partial charge is 0.507 e. The third kappa shape index (κ3) is 3.31. The second-order valence-corrected chi connectivity index (χ2v) is 6.73. The van der Waals surface area contributed by atoms with Gasteiger partial charge in [0, 0.05) is 12.2 Å². The number of halogens is 1. The third-order valence-electron chi connectivity index (χ3n) is 3.18. The summed E-state index contributed by atoms with van der Waals surface area (Å²) >= 11 is 4.98. The molecule has 0 aliphatic heterocycles. The maximum Gasteiger partial charge on any atom is 0.129 e. The Hall–Kier alpha value is -1.85. The van der Waals surface area contributed by atoms with Gasteiger partial charge in [0.15, 0.2) is 0 Å². The molecule has 0 spiro atoms. The predicted molar refractivity (Wildman–Crippen MR) is 98.5 cm³/mol. The van der Waals surface area contributed by atoms with E-state index in [1.807, 2.05) is 30.4 Å². The summed E-state index contributed by atoms with van der Waals surface area (Å²) in [5.74, 6) is 0.244. The lowest BCUT2D eigenvalue weighted by atomic mass is 10.2. The van der Waals surface area contributed by atoms with Crippen molar-refractivity contribution in [1.29, 1.82) is 0 Å². The molecule has 0 aliphatic rings. The number of aromatic hydroxyl groups is 1. The van der Waals surface area contributed by atoms with Crippen molar-refractivity contribution in [1.82, 2.24) is 4.98 Å². The molecule has 22 heavy (non-hydrogen) atoms. The van der Waals surface area contributed by atoms with Gasteiger partial charge in [-0.15, -0.1) is 11.3 Å². The van der Waals surface area contributed by atoms with Crippen LogP contribution in [0.1, 0.15) is 17.5 Å². The molecule has 1 heterocycles. The smallest absolute Gasteiger partial charge is 0.129 e. The van der Waals surface area contributed by atoms with Crippen LogP contribution in [-0.4, -0.2) is 16.6 Å². The van der Waals surface area contributed by atoms with Gasteiger partial charge in [-0.3, -0.25) is 0 Å². The normalized spacial score (nSPS) is 11.4. The summed E-state index contributed by atoms with van der Waals surface area (Å²) in [7, 11) is 0. The number of nitrogens with one attached hydrogen (secondary N) is 1. The molecular weight excluding hydrogens is 360 g/mol. The summed E-state index contributed by atoms with van der Waals surface area (Å²) in [6, 6.07) is 11.6. The van der Waals surface area contributed by atoms with Gasteiger partial charge in [0.05, 0.1) is 14.7 Å². The van der Waals surface area contributed by atoms with Crippen LogP contribution in [0.5, 0.6) is 5.75 Å². The molecule has 0 radical (unpaired) electrons. The predicted octanol–water partition coefficient (Wildman–Crippen LogP) is 5.37. The molecule has 0 unspecified atom stereocenters. The van der Waals surface area contributed by atoms with E-state index >= 15 is 0 Å². The van der Waals surface area contributed by atoms with Crippen LogP contribution in [0, 0.1) is 0 Å². The summed E-state index contributed by atoms with van der Waals surface area (Å²) in [5, 5.41) is 13.8. The minimum atomic E-state index is 0.244. The molecule has 3 nitrogen and oxygen atoms in total. The van der Waals surface area contributed by atoms with Gasteiger partial charge in [-0.2, -0.15) is 0 Å². The zero-order valence-electron chi connectivity index (χ0n) is 12.0. The summed E-state index contributed by atoms with van der Waals surface area (Å²) in [6.07, 6.45) is 3.99. The van der Waals surface area contributed by atoms with E-state index in [0.717, 1.165) is 28.3 Å². The van der Waals surface area contributed by atoms with Crippen LogP contribution in [0.4, 0.5) is 5.69 Å². The highest BCUT2D eigenvalue weighted by atomic mass is 79.9. The van der Waals surface area contributed by atoms with Crippen LogP contribution in [0.3, 0.4) is 0 Å². The lowest BCUT2D eigenvalue weighted by molar-refractivity contribution is 0.472. The molecule has 0 saturated carbocycles. The molecule has 112 valence electrons. The van der Waals surface area contributed by atoms with E-state index in [1.165, 1.54) is 4.70 Å². The number of nitrogens with zero attached hydrogens (tertiary/aromatic N) is 1. The number of phenolic OH excluding ortho intramolecular Hbond substituents is 1. The van der Waals surface area contributed by atoms with Gasteiger partial charge in [-0.05, 0) is 64.8 Å². The van der Waals surface area contributed by atoms with Crippen molar-refractivity contribution < 1.29 is 5.11 Å². The molecule has 3 aromatic rings. The highest BCUT2D eigenvalue weighted by Gasteiger charge is 2.03. The SMILES string of the molecule is CCNc1ccc2nc(C=Cc3ccc(O)c(Br)c3)sc2c1. The Morgan fingerprint density at radius 3 is 2.86 bits per heavy atom. The van der Waals surface area contributed by atoms with Crippen molar-refractivity contribution in [3.63, 3.8) is 0 Å². The van der Waals surface area contributed by atoms with Crippen LogP contribution in [0.25, 0.3) is 22.4 Å². The standard InChI is InChI=1S/C17H15BrN2OS/c1-2-19-12-5-6-14-16(10-12)22-17(20-14)8-4-11-3-7-15(21)13(18)9-11/h3-10,19,21H,2H2,1H3. The molecule has 0 saturated heterocycles. The Labute approximate surface area is 141 Å². The van der Waals surface area contributed by atoms with Gasteiger partial charge in [0.25, 0.3) is 0 Å². The Morgan fingerprint density at radius 1 is 1.23 bits per heavy atom. The van der Waals surface area contributed by atoms with Crippen molar-refractivity contribution in [3.8, 4) is 5.75 Å². The van der Waals surface area contributed by atoms with E-state index in [0.29, 0.717) is 4.47 Å². The average molecular weight is 375 g/mol. The second-order valence-electron chi connectivity index (χ2n) is 4.81. The first kappa shape index (κ1) is 15.1. The molecule has 1 aromatic heterocycles. The van der Waals surface area contributed by atoms with Gasteiger partial charge in [-0.1, -0.05) is 12.1 Å². The topological polar surface area (TPSA) is 45.2 Å². The van der Waals surface area contributed by atoms with E-state index in [2.05, 4.69) is 45.3 Å². The fourth-order valence-electron chi connectivity index (χ4n) is 2.12. The van der Waals surface area contributed by atoms with Crippen LogP contribution in [0.15, 0.2) is 40.9 Å². The number of aromatic nitrogens is 1. The number of hydrogen-bond donors (Lipinski definition) is 2. The third-order valence-corrected chi connectivity index (χ3v) is 4.79. The van der Waals surface area contributed by atoms with E-state index in [4.69, 9.17) is 0 Å². The monoisotopic (exact) mass is 374 g/mol. The molecule has 0 atom stereocenters.